The van der Waals surface area contributed by atoms with Gasteiger partial charge in [-0.1, -0.05) is 72.8 Å². The second-order valence-electron chi connectivity index (χ2n) is 20.5. The van der Waals surface area contributed by atoms with Gasteiger partial charge in [-0.2, -0.15) is 17.2 Å². The first-order valence-corrected chi connectivity index (χ1v) is 32.6. The first-order chi connectivity index (χ1) is 35.6. The van der Waals surface area contributed by atoms with Crippen LogP contribution in [0.5, 0.6) is 0 Å². The summed E-state index contributed by atoms with van der Waals surface area (Å²) in [4.78, 5) is 4.55. The number of sulfonamides is 4. The highest BCUT2D eigenvalue weighted by Crippen LogP contribution is 2.33. The number of anilines is 2. The van der Waals surface area contributed by atoms with Crippen LogP contribution in [0.15, 0.2) is 162 Å². The van der Waals surface area contributed by atoms with E-state index in [4.69, 9.17) is 0 Å². The van der Waals surface area contributed by atoms with Crippen LogP contribution in [0.3, 0.4) is 0 Å². The number of thiophene rings is 2. The van der Waals surface area contributed by atoms with Gasteiger partial charge >= 0.3 is 0 Å². The van der Waals surface area contributed by atoms with Gasteiger partial charge in [-0.25, -0.2) is 33.7 Å². The van der Waals surface area contributed by atoms with Crippen LogP contribution in [0.4, 0.5) is 11.4 Å². The molecule has 0 bridgehead atoms. The van der Waals surface area contributed by atoms with Gasteiger partial charge in [0.05, 0.1) is 33.1 Å². The minimum atomic E-state index is -3.82. The molecule has 0 amide bonds. The number of benzene rings is 4. The quantitative estimate of drug-likeness (QED) is 0.0846. The van der Waals surface area contributed by atoms with Gasteiger partial charge in [0.25, 0.3) is 20.0 Å². The maximum absolute atomic E-state index is 13.7. The van der Waals surface area contributed by atoms with Crippen molar-refractivity contribution in [1.29, 1.82) is 0 Å². The molecule has 0 aliphatic carbocycles. The third-order valence-corrected chi connectivity index (χ3v) is 24.1. The summed E-state index contributed by atoms with van der Waals surface area (Å²) in [7, 11) is -15.0. The average Bonchev–Trinajstić information content (AvgIpc) is 4.16. The third kappa shape index (κ3) is 13.5. The van der Waals surface area contributed by atoms with Crippen LogP contribution >= 0.6 is 22.7 Å². The zero-order valence-corrected chi connectivity index (χ0v) is 49.0. The topological polar surface area (TPSA) is 196 Å². The molecule has 8 rings (SSSR count). The zero-order chi connectivity index (χ0) is 55.4. The van der Waals surface area contributed by atoms with Crippen molar-refractivity contribution in [3.8, 4) is 0 Å². The van der Waals surface area contributed by atoms with E-state index >= 15 is 0 Å². The lowest BCUT2D eigenvalue weighted by molar-refractivity contribution is 0.0780. The number of piperazine rings is 2. The molecule has 2 fully saturated rings. The van der Waals surface area contributed by atoms with Crippen LogP contribution < -0.4 is 9.80 Å². The van der Waals surface area contributed by atoms with Gasteiger partial charge in [0, 0.05) is 75.8 Å². The van der Waals surface area contributed by atoms with E-state index in [1.54, 1.807) is 123 Å². The molecule has 2 saturated heterocycles. The molecule has 2 N–H and O–H groups in total. The molecular formula is C54H70N6O10S6. The smallest absolute Gasteiger partial charge is 0.252 e. The van der Waals surface area contributed by atoms with E-state index in [1.807, 2.05) is 76.2 Å². The van der Waals surface area contributed by atoms with E-state index in [9.17, 15) is 43.9 Å². The lowest BCUT2D eigenvalue weighted by Crippen LogP contribution is -2.59. The van der Waals surface area contributed by atoms with Gasteiger partial charge in [0.15, 0.2) is 0 Å². The van der Waals surface area contributed by atoms with Gasteiger partial charge in [-0.15, -0.1) is 22.7 Å². The van der Waals surface area contributed by atoms with Crippen LogP contribution in [0, 0.1) is 0 Å². The molecule has 0 unspecified atom stereocenters. The Morgan fingerprint density at radius 2 is 0.816 bits per heavy atom. The molecule has 2 aromatic heterocycles. The molecule has 76 heavy (non-hydrogen) atoms. The summed E-state index contributed by atoms with van der Waals surface area (Å²) in [6.45, 7) is 16.0. The van der Waals surface area contributed by atoms with Crippen LogP contribution in [0.2, 0.25) is 0 Å². The largest absolute Gasteiger partial charge is 0.386 e. The summed E-state index contributed by atoms with van der Waals surface area (Å²) in [6, 6.07) is 36.6. The molecule has 2 aliphatic heterocycles. The van der Waals surface area contributed by atoms with Gasteiger partial charge in [-0.3, -0.25) is 0 Å². The molecule has 0 spiro atoms. The Balaban J connectivity index is 0.000000221. The fourth-order valence-electron chi connectivity index (χ4n) is 9.32. The van der Waals surface area contributed by atoms with Gasteiger partial charge < -0.3 is 20.0 Å². The number of rotatable bonds is 18. The van der Waals surface area contributed by atoms with Crippen molar-refractivity contribution in [2.75, 3.05) is 62.2 Å². The second-order valence-corrected chi connectivity index (χ2v) is 30.5. The molecule has 0 radical (unpaired) electrons. The Morgan fingerprint density at radius 1 is 0.487 bits per heavy atom. The predicted molar refractivity (Wildman–Crippen MR) is 303 cm³/mol. The van der Waals surface area contributed by atoms with Crippen molar-refractivity contribution >= 4 is 74.1 Å². The highest BCUT2D eigenvalue weighted by atomic mass is 32.3. The fourth-order valence-corrected chi connectivity index (χ4v) is 17.9. The van der Waals surface area contributed by atoms with Crippen molar-refractivity contribution in [2.24, 2.45) is 0 Å². The van der Waals surface area contributed by atoms with Gasteiger partial charge in [-0.05, 0) is 138 Å². The maximum atomic E-state index is 13.7. The summed E-state index contributed by atoms with van der Waals surface area (Å²) in [5.74, 6) is 0. The standard InChI is InChI=1S/2C27H35N3O5S3/c2*1-21(2)30(37(32,33)25-9-6-5-7-10-25)20-24-19-28(38(34,35)26-11-8-18-36-26)16-17-29(24)23-14-12-22(13-15-23)27(3,4)31/h2*5-15,18,21,24,31H,16-17,19-20H2,1-4H3/t2*24-/m11/s1. The monoisotopic (exact) mass is 1150 g/mol. The second kappa shape index (κ2) is 23.8. The molecule has 4 heterocycles. The van der Waals surface area contributed by atoms with Gasteiger partial charge in [0.1, 0.15) is 8.42 Å². The van der Waals surface area contributed by atoms with Crippen molar-refractivity contribution in [1.82, 2.24) is 17.2 Å². The highest BCUT2D eigenvalue weighted by molar-refractivity contribution is 7.91. The number of hydrogen-bond donors (Lipinski definition) is 2. The molecule has 2 aliphatic rings. The molecule has 2 atom stereocenters. The SMILES string of the molecule is CC(C)N(C[C@H]1CN(S(=O)(=O)c2cccs2)CCN1c1ccc(C(C)(C)O)cc1)S(=O)(=O)c1ccccc1.CC(C)N(C[C@H]1CN(S(=O)(=O)c2cccs2)CCN1c1ccc(C(C)(C)O)cc1)S(=O)(=O)c1ccccc1. The molecule has 412 valence electrons. The fraction of sp³-hybridized carbons (Fsp3) is 0.407. The molecule has 4 aromatic carbocycles. The minimum Gasteiger partial charge on any atom is -0.386 e. The van der Waals surface area contributed by atoms with Crippen molar-refractivity contribution in [3.05, 3.63) is 155 Å². The summed E-state index contributed by atoms with van der Waals surface area (Å²) in [5.41, 5.74) is 1.21. The Morgan fingerprint density at radius 3 is 1.09 bits per heavy atom. The molecule has 16 nitrogen and oxygen atoms in total. The average molecular weight is 1160 g/mol. The van der Waals surface area contributed by atoms with Crippen molar-refractivity contribution < 1.29 is 43.9 Å². The molecule has 0 saturated carbocycles. The van der Waals surface area contributed by atoms with Crippen LogP contribution in [0.25, 0.3) is 0 Å². The van der Waals surface area contributed by atoms with E-state index in [0.717, 1.165) is 22.5 Å². The van der Waals surface area contributed by atoms with Crippen molar-refractivity contribution in [3.63, 3.8) is 0 Å². The normalized spacial score (nSPS) is 17.9. The molecule has 22 heteroatoms. The van der Waals surface area contributed by atoms with Crippen LogP contribution in [-0.2, 0) is 51.3 Å². The van der Waals surface area contributed by atoms with Crippen LogP contribution in [0.1, 0.15) is 66.5 Å². The van der Waals surface area contributed by atoms with Crippen LogP contribution in [-0.4, -0.2) is 138 Å². The summed E-state index contributed by atoms with van der Waals surface area (Å²) in [5, 5.41) is 24.2. The van der Waals surface area contributed by atoms with E-state index in [0.29, 0.717) is 13.1 Å². The first-order valence-electron chi connectivity index (χ1n) is 25.0. The summed E-state index contributed by atoms with van der Waals surface area (Å²) >= 11 is 2.35. The third-order valence-electron chi connectivity index (χ3n) is 13.5. The Labute approximate surface area is 458 Å². The Hall–Kier alpha value is -4.56. The summed E-state index contributed by atoms with van der Waals surface area (Å²) in [6.07, 6.45) is 0. The maximum Gasteiger partial charge on any atom is 0.252 e. The molecular weight excluding hydrogens is 1090 g/mol. The number of aliphatic hydroxyl groups is 2. The lowest BCUT2D eigenvalue weighted by atomic mass is 9.98. The number of nitrogens with zero attached hydrogens (tertiary/aromatic N) is 6. The molecule has 6 aromatic rings. The lowest BCUT2D eigenvalue weighted by Gasteiger charge is -2.44. The summed E-state index contributed by atoms with van der Waals surface area (Å²) < 4.78 is 115. The Bertz CT molecular complexity index is 3060. The Kier molecular flexibility index (Phi) is 18.5. The highest BCUT2D eigenvalue weighted by Gasteiger charge is 2.41. The van der Waals surface area contributed by atoms with Gasteiger partial charge in [0.2, 0.25) is 20.0 Å². The van der Waals surface area contributed by atoms with E-state index in [-0.39, 0.29) is 69.6 Å². The van der Waals surface area contributed by atoms with E-state index in [1.165, 1.54) is 39.9 Å². The first kappa shape index (κ1) is 59.1. The van der Waals surface area contributed by atoms with E-state index in [2.05, 4.69) is 9.80 Å². The minimum absolute atomic E-state index is 0.110. The van der Waals surface area contributed by atoms with E-state index < -0.39 is 63.4 Å². The van der Waals surface area contributed by atoms with Crippen molar-refractivity contribution in [2.45, 2.75) is 109 Å². The zero-order valence-electron chi connectivity index (χ0n) is 44.1. The predicted octanol–water partition coefficient (Wildman–Crippen LogP) is 7.91. The number of hydrogen-bond acceptors (Lipinski definition) is 14.